The highest BCUT2D eigenvalue weighted by atomic mass is 31.2. The Morgan fingerprint density at radius 3 is 1.88 bits per heavy atom. The second-order valence-electron chi connectivity index (χ2n) is 13.5. The van der Waals surface area contributed by atoms with Gasteiger partial charge in [0.1, 0.15) is 6.61 Å². The highest BCUT2D eigenvalue weighted by Gasteiger charge is 2.36. The number of hydrogen-bond donors (Lipinski definition) is 2. The summed E-state index contributed by atoms with van der Waals surface area (Å²) in [4.78, 5) is 34.8. The van der Waals surface area contributed by atoms with Crippen LogP contribution in [0.15, 0.2) is 12.2 Å². The zero-order chi connectivity index (χ0) is 35.8. The van der Waals surface area contributed by atoms with Gasteiger partial charge in [0.25, 0.3) is 0 Å². The molecule has 0 spiro atoms. The summed E-state index contributed by atoms with van der Waals surface area (Å²) >= 11 is 0. The molecule has 0 aliphatic carbocycles. The first kappa shape index (κ1) is 45.7. The monoisotopic (exact) mass is 717 g/mol. The third-order valence-electron chi connectivity index (χ3n) is 8.83. The van der Waals surface area contributed by atoms with Crippen LogP contribution in [0.3, 0.4) is 0 Å². The second-order valence-corrected chi connectivity index (χ2v) is 15.0. The van der Waals surface area contributed by atoms with Crippen molar-refractivity contribution in [3.8, 4) is 0 Å². The van der Waals surface area contributed by atoms with E-state index in [-0.39, 0.29) is 38.6 Å². The summed E-state index contributed by atoms with van der Waals surface area (Å²) < 4.78 is 38.5. The van der Waals surface area contributed by atoms with Gasteiger partial charge in [-0.2, -0.15) is 0 Å². The average Bonchev–Trinajstić information content (AvgIpc) is 3.84. The lowest BCUT2D eigenvalue weighted by Gasteiger charge is -2.19. The van der Waals surface area contributed by atoms with Gasteiger partial charge in [-0.25, -0.2) is 4.57 Å². The molecule has 1 heterocycles. The first-order chi connectivity index (χ1) is 23.8. The number of unbranched alkanes of at least 4 members (excludes halogenated alkanes) is 18. The fourth-order valence-corrected chi connectivity index (χ4v) is 6.52. The molecule has 3 N–H and O–H groups in total. The molecule has 0 bridgehead atoms. The van der Waals surface area contributed by atoms with Crippen LogP contribution in [0.5, 0.6) is 0 Å². The van der Waals surface area contributed by atoms with E-state index in [0.29, 0.717) is 18.6 Å². The molecule has 0 aromatic heterocycles. The number of phosphoric ester groups is 1. The lowest BCUT2D eigenvalue weighted by Crippen LogP contribution is -2.29. The minimum absolute atomic E-state index is 0.0504. The molecule has 0 saturated carbocycles. The molecule has 3 unspecified atom stereocenters. The molecule has 4 atom stereocenters. The van der Waals surface area contributed by atoms with Gasteiger partial charge in [-0.05, 0) is 38.5 Å². The molecule has 0 radical (unpaired) electrons. The van der Waals surface area contributed by atoms with Crippen molar-refractivity contribution in [3.63, 3.8) is 0 Å². The first-order valence-corrected chi connectivity index (χ1v) is 21.3. The van der Waals surface area contributed by atoms with Gasteiger partial charge in [0.2, 0.25) is 0 Å². The predicted molar refractivity (Wildman–Crippen MR) is 196 cm³/mol. The molecule has 1 saturated heterocycles. The van der Waals surface area contributed by atoms with Crippen molar-refractivity contribution < 1.29 is 42.3 Å². The maximum absolute atomic E-state index is 12.6. The summed E-state index contributed by atoms with van der Waals surface area (Å²) in [6.45, 7) is 3.67. The average molecular weight is 718 g/mol. The second kappa shape index (κ2) is 31.4. The van der Waals surface area contributed by atoms with Gasteiger partial charge >= 0.3 is 19.8 Å². The van der Waals surface area contributed by atoms with Gasteiger partial charge in [0.05, 0.1) is 25.4 Å². The van der Waals surface area contributed by atoms with Crippen LogP contribution >= 0.6 is 7.82 Å². The Hall–Kier alpha value is -1.29. The van der Waals surface area contributed by atoms with Crippen LogP contribution in [0.4, 0.5) is 0 Å². The molecule has 0 aromatic carbocycles. The molecule has 1 rings (SSSR count). The van der Waals surface area contributed by atoms with E-state index in [2.05, 4.69) is 26.0 Å². The van der Waals surface area contributed by atoms with Gasteiger partial charge in [0, 0.05) is 19.4 Å². The lowest BCUT2D eigenvalue weighted by atomic mass is 10.0. The van der Waals surface area contributed by atoms with Gasteiger partial charge in [-0.3, -0.25) is 18.6 Å². The standard InChI is InChI=1S/C38H72NO9P/c1-3-5-7-9-11-12-13-14-15-16-20-24-28-37(40)44-32-34(33-46-49(42,43)45-31-30-39)47-38(41)29-25-21-17-19-23-27-36-35(48-36)26-22-18-10-8-6-4-2/h18,22,34-36H,3-17,19-21,23-33,39H2,1-2H3,(H,42,43)/b22-18-/t34-,35?,36?/m1/s1. The van der Waals surface area contributed by atoms with Crippen LogP contribution in [0.2, 0.25) is 0 Å². The summed E-state index contributed by atoms with van der Waals surface area (Å²) in [5.74, 6) is -0.847. The van der Waals surface area contributed by atoms with E-state index in [1.54, 1.807) is 0 Å². The molecule has 1 fully saturated rings. The van der Waals surface area contributed by atoms with Gasteiger partial charge in [-0.15, -0.1) is 0 Å². The minimum atomic E-state index is -4.38. The van der Waals surface area contributed by atoms with E-state index in [4.69, 9.17) is 29.0 Å². The van der Waals surface area contributed by atoms with Crippen molar-refractivity contribution in [3.05, 3.63) is 12.2 Å². The van der Waals surface area contributed by atoms with Crippen molar-refractivity contribution in [2.24, 2.45) is 5.73 Å². The number of hydrogen-bond acceptors (Lipinski definition) is 9. The fourth-order valence-electron chi connectivity index (χ4n) is 5.76. The molecule has 0 amide bonds. The number of phosphoric acid groups is 1. The van der Waals surface area contributed by atoms with Crippen molar-refractivity contribution in [1.82, 2.24) is 0 Å². The predicted octanol–water partition coefficient (Wildman–Crippen LogP) is 9.65. The number of rotatable bonds is 36. The fraction of sp³-hybridized carbons (Fsp3) is 0.895. The molecule has 1 aliphatic heterocycles. The van der Waals surface area contributed by atoms with Crippen LogP contribution in [-0.2, 0) is 37.4 Å². The SMILES string of the molecule is CCCCC/C=C\CC1OC1CCCCCCCC(=O)O[C@H](COC(=O)CCCCCCCCCCCCCC)COP(=O)(O)OCCN. The quantitative estimate of drug-likeness (QED) is 0.0211. The van der Waals surface area contributed by atoms with E-state index in [1.807, 2.05) is 0 Å². The van der Waals surface area contributed by atoms with Gasteiger partial charge < -0.3 is 24.8 Å². The highest BCUT2D eigenvalue weighted by Crippen LogP contribution is 2.43. The van der Waals surface area contributed by atoms with Crippen LogP contribution in [0.1, 0.15) is 174 Å². The van der Waals surface area contributed by atoms with Crippen molar-refractivity contribution in [1.29, 1.82) is 0 Å². The molecule has 11 heteroatoms. The molecule has 0 aromatic rings. The summed E-state index contributed by atoms with van der Waals surface area (Å²) in [7, 11) is -4.38. The summed E-state index contributed by atoms with van der Waals surface area (Å²) in [5, 5.41) is 0. The number of carbonyl (C=O) groups is 2. The Balaban J connectivity index is 2.22. The number of allylic oxidation sites excluding steroid dienone is 1. The van der Waals surface area contributed by atoms with E-state index in [0.717, 1.165) is 64.2 Å². The van der Waals surface area contributed by atoms with Crippen molar-refractivity contribution in [2.75, 3.05) is 26.4 Å². The minimum Gasteiger partial charge on any atom is -0.462 e. The Morgan fingerprint density at radius 2 is 1.27 bits per heavy atom. The normalized spacial score (nSPS) is 17.6. The first-order valence-electron chi connectivity index (χ1n) is 19.8. The van der Waals surface area contributed by atoms with Crippen LogP contribution in [0.25, 0.3) is 0 Å². The largest absolute Gasteiger partial charge is 0.472 e. The number of carbonyl (C=O) groups excluding carboxylic acids is 2. The highest BCUT2D eigenvalue weighted by molar-refractivity contribution is 7.47. The molecular formula is C38H72NO9P. The molecule has 10 nitrogen and oxygen atoms in total. The van der Waals surface area contributed by atoms with Crippen LogP contribution < -0.4 is 5.73 Å². The van der Waals surface area contributed by atoms with Gasteiger partial charge in [-0.1, -0.05) is 135 Å². The van der Waals surface area contributed by atoms with E-state index < -0.39 is 26.5 Å². The topological polar surface area (TPSA) is 147 Å². The van der Waals surface area contributed by atoms with Crippen LogP contribution in [-0.4, -0.2) is 61.5 Å². The third-order valence-corrected chi connectivity index (χ3v) is 9.81. The van der Waals surface area contributed by atoms with Crippen molar-refractivity contribution >= 4 is 19.8 Å². The maximum Gasteiger partial charge on any atom is 0.472 e. The van der Waals surface area contributed by atoms with Crippen molar-refractivity contribution in [2.45, 2.75) is 193 Å². The summed E-state index contributed by atoms with van der Waals surface area (Å²) in [6.07, 6.45) is 31.1. The number of epoxide rings is 1. The lowest BCUT2D eigenvalue weighted by molar-refractivity contribution is -0.161. The third kappa shape index (κ3) is 29.0. The van der Waals surface area contributed by atoms with E-state index in [1.165, 1.54) is 77.0 Å². The summed E-state index contributed by atoms with van der Waals surface area (Å²) in [5.41, 5.74) is 5.33. The zero-order valence-electron chi connectivity index (χ0n) is 31.1. The van der Waals surface area contributed by atoms with E-state index in [9.17, 15) is 19.0 Å². The maximum atomic E-state index is 12.6. The number of nitrogens with two attached hydrogens (primary N) is 1. The Kier molecular flexibility index (Phi) is 29.3. The number of ether oxygens (including phenoxy) is 3. The molecule has 288 valence electrons. The molecule has 49 heavy (non-hydrogen) atoms. The zero-order valence-corrected chi connectivity index (χ0v) is 32.0. The van der Waals surface area contributed by atoms with Crippen LogP contribution in [0, 0.1) is 0 Å². The Morgan fingerprint density at radius 1 is 0.714 bits per heavy atom. The summed E-state index contributed by atoms with van der Waals surface area (Å²) in [6, 6.07) is 0. The van der Waals surface area contributed by atoms with Gasteiger partial charge in [0.15, 0.2) is 6.10 Å². The smallest absolute Gasteiger partial charge is 0.462 e. The molecular weight excluding hydrogens is 645 g/mol. The van der Waals surface area contributed by atoms with E-state index >= 15 is 0 Å². The Bertz CT molecular complexity index is 887. The molecule has 1 aliphatic rings. The number of esters is 2. The Labute approximate surface area is 298 Å².